The summed E-state index contributed by atoms with van der Waals surface area (Å²) in [5, 5.41) is 0. The number of rotatable bonds is 8. The molecule has 1 unspecified atom stereocenters. The highest BCUT2D eigenvalue weighted by Crippen LogP contribution is 2.29. The van der Waals surface area contributed by atoms with Gasteiger partial charge in [-0.05, 0) is 47.7 Å². The summed E-state index contributed by atoms with van der Waals surface area (Å²) in [6.07, 6.45) is 1.95. The topological polar surface area (TPSA) is 18.5 Å². The van der Waals surface area contributed by atoms with E-state index in [9.17, 15) is 0 Å². The molecule has 0 aliphatic heterocycles. The quantitative estimate of drug-likeness (QED) is 0.245. The first kappa shape index (κ1) is 22.7. The van der Waals surface area contributed by atoms with Gasteiger partial charge < -0.3 is 9.47 Å². The number of hydrogen-bond acceptors (Lipinski definition) is 2. The Morgan fingerprint density at radius 2 is 1.75 bits per heavy atom. The SMILES string of the molecule is COc1ccc(COCc2cc(C(Br)CCC#C[Si](C)(C)C)ccc2C)cc1. The van der Waals surface area contributed by atoms with E-state index in [0.29, 0.717) is 18.0 Å². The van der Waals surface area contributed by atoms with Crippen molar-refractivity contribution in [3.05, 3.63) is 64.7 Å². The van der Waals surface area contributed by atoms with Crippen LogP contribution in [0.2, 0.25) is 19.6 Å². The van der Waals surface area contributed by atoms with Crippen molar-refractivity contribution in [3.63, 3.8) is 0 Å². The molecule has 0 amide bonds. The molecule has 0 bridgehead atoms. The Hall–Kier alpha value is -1.54. The Morgan fingerprint density at radius 1 is 1.04 bits per heavy atom. The van der Waals surface area contributed by atoms with Crippen molar-refractivity contribution in [2.45, 2.75) is 57.4 Å². The predicted octanol–water partition coefficient (Wildman–Crippen LogP) is 6.82. The first-order chi connectivity index (χ1) is 13.3. The van der Waals surface area contributed by atoms with Gasteiger partial charge in [0, 0.05) is 11.2 Å². The molecule has 150 valence electrons. The summed E-state index contributed by atoms with van der Waals surface area (Å²) in [5.74, 6) is 4.23. The van der Waals surface area contributed by atoms with Crippen LogP contribution >= 0.6 is 15.9 Å². The average molecular weight is 460 g/mol. The van der Waals surface area contributed by atoms with Crippen molar-refractivity contribution in [2.75, 3.05) is 7.11 Å². The molecular formula is C24H31BrO2Si. The molecule has 2 rings (SSSR count). The van der Waals surface area contributed by atoms with Gasteiger partial charge in [0.15, 0.2) is 0 Å². The summed E-state index contributed by atoms with van der Waals surface area (Å²) in [6, 6.07) is 14.7. The van der Waals surface area contributed by atoms with Gasteiger partial charge in [0.2, 0.25) is 0 Å². The van der Waals surface area contributed by atoms with Gasteiger partial charge in [-0.2, -0.15) is 0 Å². The number of hydrogen-bond donors (Lipinski definition) is 0. The molecule has 0 saturated carbocycles. The summed E-state index contributed by atoms with van der Waals surface area (Å²) in [6.45, 7) is 10.2. The van der Waals surface area contributed by atoms with Crippen LogP contribution in [0, 0.1) is 18.4 Å². The van der Waals surface area contributed by atoms with Crippen LogP contribution in [0.3, 0.4) is 0 Å². The molecule has 0 radical (unpaired) electrons. The van der Waals surface area contributed by atoms with Gasteiger partial charge in [0.1, 0.15) is 13.8 Å². The molecule has 4 heteroatoms. The minimum absolute atomic E-state index is 0.323. The van der Waals surface area contributed by atoms with Crippen molar-refractivity contribution in [1.82, 2.24) is 0 Å². The van der Waals surface area contributed by atoms with E-state index in [1.165, 1.54) is 16.7 Å². The molecule has 28 heavy (non-hydrogen) atoms. The van der Waals surface area contributed by atoms with Gasteiger partial charge in [-0.3, -0.25) is 0 Å². The smallest absolute Gasteiger partial charge is 0.129 e. The first-order valence-corrected chi connectivity index (χ1v) is 14.1. The zero-order chi connectivity index (χ0) is 20.6. The molecule has 2 aromatic carbocycles. The normalized spacial score (nSPS) is 12.2. The molecule has 2 aromatic rings. The van der Waals surface area contributed by atoms with E-state index in [-0.39, 0.29) is 0 Å². The van der Waals surface area contributed by atoms with E-state index in [2.05, 4.69) is 72.2 Å². The van der Waals surface area contributed by atoms with Crippen LogP contribution in [0.25, 0.3) is 0 Å². The van der Waals surface area contributed by atoms with Gasteiger partial charge in [-0.15, -0.1) is 11.5 Å². The van der Waals surface area contributed by atoms with Gasteiger partial charge in [-0.1, -0.05) is 65.9 Å². The maximum absolute atomic E-state index is 5.96. The Bertz CT molecular complexity index is 813. The number of halogens is 1. The molecule has 2 nitrogen and oxygen atoms in total. The van der Waals surface area contributed by atoms with E-state index in [4.69, 9.17) is 9.47 Å². The fourth-order valence-corrected chi connectivity index (χ4v) is 3.90. The number of ether oxygens (including phenoxy) is 2. The predicted molar refractivity (Wildman–Crippen MR) is 125 cm³/mol. The largest absolute Gasteiger partial charge is 0.497 e. The zero-order valence-electron chi connectivity index (χ0n) is 17.6. The fraction of sp³-hybridized carbons (Fsp3) is 0.417. The second-order valence-electron chi connectivity index (χ2n) is 8.08. The van der Waals surface area contributed by atoms with Gasteiger partial charge in [-0.25, -0.2) is 0 Å². The van der Waals surface area contributed by atoms with E-state index >= 15 is 0 Å². The highest BCUT2D eigenvalue weighted by Gasteiger charge is 2.10. The van der Waals surface area contributed by atoms with Crippen LogP contribution in [-0.4, -0.2) is 15.2 Å². The van der Waals surface area contributed by atoms with E-state index in [1.54, 1.807) is 7.11 Å². The summed E-state index contributed by atoms with van der Waals surface area (Å²) in [7, 11) is 0.405. The highest BCUT2D eigenvalue weighted by atomic mass is 79.9. The number of alkyl halides is 1. The Kier molecular flexibility index (Phi) is 8.82. The van der Waals surface area contributed by atoms with Crippen molar-refractivity contribution < 1.29 is 9.47 Å². The molecule has 0 N–H and O–H groups in total. The first-order valence-electron chi connectivity index (χ1n) is 9.72. The zero-order valence-corrected chi connectivity index (χ0v) is 20.2. The minimum Gasteiger partial charge on any atom is -0.497 e. The maximum Gasteiger partial charge on any atom is 0.129 e. The molecule has 0 fully saturated rings. The number of aryl methyl sites for hydroxylation is 1. The summed E-state index contributed by atoms with van der Waals surface area (Å²) in [4.78, 5) is 0.323. The third-order valence-electron chi connectivity index (χ3n) is 4.41. The minimum atomic E-state index is -1.27. The molecule has 0 aromatic heterocycles. The maximum atomic E-state index is 5.96. The van der Waals surface area contributed by atoms with E-state index in [0.717, 1.165) is 24.2 Å². The van der Waals surface area contributed by atoms with Crippen LogP contribution in [0.4, 0.5) is 0 Å². The number of benzene rings is 2. The molecule has 0 spiro atoms. The second kappa shape index (κ2) is 10.9. The average Bonchev–Trinajstić information content (AvgIpc) is 2.66. The lowest BCUT2D eigenvalue weighted by atomic mass is 10.0. The van der Waals surface area contributed by atoms with Crippen LogP contribution in [-0.2, 0) is 18.0 Å². The molecule has 0 aliphatic carbocycles. The lowest BCUT2D eigenvalue weighted by molar-refractivity contribution is 0.106. The van der Waals surface area contributed by atoms with Crippen molar-refractivity contribution in [1.29, 1.82) is 0 Å². The summed E-state index contributed by atoms with van der Waals surface area (Å²) < 4.78 is 11.2. The summed E-state index contributed by atoms with van der Waals surface area (Å²) in [5.41, 5.74) is 8.38. The van der Waals surface area contributed by atoms with E-state index in [1.807, 2.05) is 24.3 Å². The van der Waals surface area contributed by atoms with Gasteiger partial charge >= 0.3 is 0 Å². The molecular weight excluding hydrogens is 428 g/mol. The van der Waals surface area contributed by atoms with Crippen molar-refractivity contribution >= 4 is 24.0 Å². The monoisotopic (exact) mass is 458 g/mol. The summed E-state index contributed by atoms with van der Waals surface area (Å²) >= 11 is 3.83. The Labute approximate surface area is 179 Å². The van der Waals surface area contributed by atoms with Crippen molar-refractivity contribution in [3.8, 4) is 17.2 Å². The Balaban J connectivity index is 1.91. The third-order valence-corrected chi connectivity index (χ3v) is 6.32. The van der Waals surface area contributed by atoms with Crippen LogP contribution in [0.15, 0.2) is 42.5 Å². The molecule has 0 aliphatic rings. The van der Waals surface area contributed by atoms with Crippen molar-refractivity contribution in [2.24, 2.45) is 0 Å². The lowest BCUT2D eigenvalue weighted by Gasteiger charge is -2.13. The van der Waals surface area contributed by atoms with Gasteiger partial charge in [0.25, 0.3) is 0 Å². The lowest BCUT2D eigenvalue weighted by Crippen LogP contribution is -2.16. The van der Waals surface area contributed by atoms with E-state index < -0.39 is 8.07 Å². The molecule has 0 saturated heterocycles. The highest BCUT2D eigenvalue weighted by molar-refractivity contribution is 9.09. The van der Waals surface area contributed by atoms with Crippen LogP contribution in [0.1, 0.15) is 39.9 Å². The standard InChI is InChI=1S/C24H31BrO2Si/c1-19-9-12-21(24(25)8-6-7-15-28(3,4)5)16-22(19)18-27-17-20-10-13-23(26-2)14-11-20/h9-14,16,24H,6,8,17-18H2,1-5H3. The Morgan fingerprint density at radius 3 is 2.39 bits per heavy atom. The molecule has 0 heterocycles. The number of methoxy groups -OCH3 is 1. The third kappa shape index (κ3) is 7.83. The fourth-order valence-electron chi connectivity index (χ4n) is 2.74. The van der Waals surface area contributed by atoms with Crippen LogP contribution < -0.4 is 4.74 Å². The molecule has 1 atom stereocenters. The van der Waals surface area contributed by atoms with Gasteiger partial charge in [0.05, 0.1) is 20.3 Å². The second-order valence-corrected chi connectivity index (χ2v) is 13.9. The van der Waals surface area contributed by atoms with Crippen LogP contribution in [0.5, 0.6) is 5.75 Å².